The zero-order valence-corrected chi connectivity index (χ0v) is 21.1. The van der Waals surface area contributed by atoms with Crippen molar-refractivity contribution in [1.29, 1.82) is 0 Å². The highest BCUT2D eigenvalue weighted by Gasteiger charge is 2.29. The van der Waals surface area contributed by atoms with Crippen LogP contribution in [0, 0.1) is 5.92 Å². The van der Waals surface area contributed by atoms with Crippen LogP contribution in [0.15, 0.2) is 23.8 Å². The highest BCUT2D eigenvalue weighted by Crippen LogP contribution is 2.42. The second-order valence-electron chi connectivity index (χ2n) is 10.8. The normalized spacial score (nSPS) is 13.0. The van der Waals surface area contributed by atoms with Crippen LogP contribution in [-0.4, -0.2) is 12.6 Å². The number of esters is 1. The Hall–Kier alpha value is -1.77. The van der Waals surface area contributed by atoms with Crippen LogP contribution in [-0.2, 0) is 15.6 Å². The standard InChI is InChI=1S/C27H44O3/c1-11-24(28)30-25-22(26(5,6)7)17-21(18-23(25)27(8,9)10)29-16-15-20(4)14-12-13-19(2)3/h13,17-18,20H,11-12,14-16H2,1-10H3. The molecule has 1 aromatic carbocycles. The summed E-state index contributed by atoms with van der Waals surface area (Å²) in [6, 6.07) is 4.11. The van der Waals surface area contributed by atoms with E-state index >= 15 is 0 Å². The first-order valence-electron chi connectivity index (χ1n) is 11.4. The minimum absolute atomic E-state index is 0.166. The Kier molecular flexibility index (Phi) is 9.65. The summed E-state index contributed by atoms with van der Waals surface area (Å²) in [6.07, 6.45) is 6.00. The maximum atomic E-state index is 12.1. The molecule has 0 saturated carbocycles. The van der Waals surface area contributed by atoms with Crippen LogP contribution in [0.25, 0.3) is 0 Å². The Morgan fingerprint density at radius 1 is 1.00 bits per heavy atom. The van der Waals surface area contributed by atoms with Gasteiger partial charge in [0.15, 0.2) is 0 Å². The zero-order chi connectivity index (χ0) is 23.1. The lowest BCUT2D eigenvalue weighted by Crippen LogP contribution is -2.22. The molecule has 0 heterocycles. The van der Waals surface area contributed by atoms with Crippen molar-refractivity contribution in [3.63, 3.8) is 0 Å². The topological polar surface area (TPSA) is 35.5 Å². The lowest BCUT2D eigenvalue weighted by molar-refractivity contribution is -0.134. The molecular formula is C27H44O3. The van der Waals surface area contributed by atoms with E-state index < -0.39 is 0 Å². The number of carbonyl (C=O) groups is 1. The van der Waals surface area contributed by atoms with Crippen molar-refractivity contribution in [2.75, 3.05) is 6.61 Å². The van der Waals surface area contributed by atoms with E-state index in [1.54, 1.807) is 0 Å². The van der Waals surface area contributed by atoms with Gasteiger partial charge in [-0.2, -0.15) is 0 Å². The molecule has 1 atom stereocenters. The average molecular weight is 417 g/mol. The number of carbonyl (C=O) groups excluding carboxylic acids is 1. The van der Waals surface area contributed by atoms with Crippen molar-refractivity contribution in [2.24, 2.45) is 5.92 Å². The maximum Gasteiger partial charge on any atom is 0.310 e. The number of rotatable bonds is 9. The van der Waals surface area contributed by atoms with E-state index in [9.17, 15) is 4.79 Å². The van der Waals surface area contributed by atoms with Gasteiger partial charge in [-0.05, 0) is 62.0 Å². The van der Waals surface area contributed by atoms with E-state index in [1.807, 2.05) is 6.92 Å². The molecular weight excluding hydrogens is 372 g/mol. The highest BCUT2D eigenvalue weighted by molar-refractivity contribution is 5.73. The monoisotopic (exact) mass is 416 g/mol. The fourth-order valence-electron chi connectivity index (χ4n) is 3.27. The first-order chi connectivity index (χ1) is 13.8. The predicted molar refractivity (Wildman–Crippen MR) is 128 cm³/mol. The van der Waals surface area contributed by atoms with E-state index in [4.69, 9.17) is 9.47 Å². The van der Waals surface area contributed by atoms with Gasteiger partial charge in [0.1, 0.15) is 11.5 Å². The van der Waals surface area contributed by atoms with E-state index in [0.717, 1.165) is 29.7 Å². The molecule has 0 aliphatic rings. The van der Waals surface area contributed by atoms with Crippen LogP contribution in [0.4, 0.5) is 0 Å². The fourth-order valence-corrected chi connectivity index (χ4v) is 3.27. The van der Waals surface area contributed by atoms with Gasteiger partial charge in [0.25, 0.3) is 0 Å². The van der Waals surface area contributed by atoms with Crippen LogP contribution in [0.2, 0.25) is 0 Å². The first kappa shape index (κ1) is 26.3. The van der Waals surface area contributed by atoms with Gasteiger partial charge in [0, 0.05) is 17.5 Å². The minimum atomic E-state index is -0.204. The molecule has 1 unspecified atom stereocenters. The van der Waals surface area contributed by atoms with Crippen molar-refractivity contribution in [2.45, 2.75) is 106 Å². The third kappa shape index (κ3) is 8.53. The molecule has 0 radical (unpaired) electrons. The lowest BCUT2D eigenvalue weighted by Gasteiger charge is -2.30. The second kappa shape index (κ2) is 11.0. The van der Waals surface area contributed by atoms with Crippen molar-refractivity contribution in [3.8, 4) is 11.5 Å². The molecule has 0 bridgehead atoms. The van der Waals surface area contributed by atoms with E-state index in [0.29, 0.717) is 24.7 Å². The molecule has 170 valence electrons. The summed E-state index contributed by atoms with van der Waals surface area (Å²) in [5, 5.41) is 0. The van der Waals surface area contributed by atoms with Gasteiger partial charge in [-0.25, -0.2) is 0 Å². The van der Waals surface area contributed by atoms with Gasteiger partial charge >= 0.3 is 5.97 Å². The van der Waals surface area contributed by atoms with Gasteiger partial charge in [0.05, 0.1) is 6.61 Å². The minimum Gasteiger partial charge on any atom is -0.494 e. The van der Waals surface area contributed by atoms with Crippen molar-refractivity contribution >= 4 is 5.97 Å². The Balaban J connectivity index is 3.11. The summed E-state index contributed by atoms with van der Waals surface area (Å²) >= 11 is 0. The SMILES string of the molecule is CCC(=O)Oc1c(C(C)(C)C)cc(OCCC(C)CCC=C(C)C)cc1C(C)(C)C. The zero-order valence-electron chi connectivity index (χ0n) is 21.1. The molecule has 1 rings (SSSR count). The quantitative estimate of drug-likeness (QED) is 0.234. The summed E-state index contributed by atoms with van der Waals surface area (Å²) in [4.78, 5) is 12.1. The molecule has 30 heavy (non-hydrogen) atoms. The number of ether oxygens (including phenoxy) is 2. The van der Waals surface area contributed by atoms with Crippen molar-refractivity contribution < 1.29 is 14.3 Å². The molecule has 0 aliphatic heterocycles. The molecule has 0 saturated heterocycles. The summed E-state index contributed by atoms with van der Waals surface area (Å²) in [6.45, 7) is 22.0. The van der Waals surface area contributed by atoms with Crippen LogP contribution in [0.3, 0.4) is 0 Å². The van der Waals surface area contributed by atoms with Crippen molar-refractivity contribution in [1.82, 2.24) is 0 Å². The molecule has 0 aromatic heterocycles. The van der Waals surface area contributed by atoms with Gasteiger partial charge in [0.2, 0.25) is 0 Å². The fraction of sp³-hybridized carbons (Fsp3) is 0.667. The molecule has 1 aromatic rings. The van der Waals surface area contributed by atoms with Gasteiger partial charge in [-0.1, -0.05) is 67.0 Å². The average Bonchev–Trinajstić information content (AvgIpc) is 2.60. The molecule has 3 nitrogen and oxygen atoms in total. The van der Waals surface area contributed by atoms with Crippen molar-refractivity contribution in [3.05, 3.63) is 34.9 Å². The van der Waals surface area contributed by atoms with Crippen LogP contribution >= 0.6 is 0 Å². The van der Waals surface area contributed by atoms with Crippen LogP contribution in [0.5, 0.6) is 11.5 Å². The molecule has 0 fully saturated rings. The smallest absolute Gasteiger partial charge is 0.310 e. The lowest BCUT2D eigenvalue weighted by atomic mass is 9.79. The number of hydrogen-bond acceptors (Lipinski definition) is 3. The second-order valence-corrected chi connectivity index (χ2v) is 10.8. The number of allylic oxidation sites excluding steroid dienone is 2. The van der Waals surface area contributed by atoms with Gasteiger partial charge in [-0.3, -0.25) is 4.79 Å². The van der Waals surface area contributed by atoms with Gasteiger partial charge in [-0.15, -0.1) is 0 Å². The molecule has 0 aliphatic carbocycles. The maximum absolute atomic E-state index is 12.1. The summed E-state index contributed by atoms with van der Waals surface area (Å²) < 4.78 is 12.0. The molecule has 0 amide bonds. The third-order valence-corrected chi connectivity index (χ3v) is 5.27. The van der Waals surface area contributed by atoms with Gasteiger partial charge < -0.3 is 9.47 Å². The Labute approximate surface area is 185 Å². The van der Waals surface area contributed by atoms with E-state index in [1.165, 1.54) is 12.0 Å². The molecule has 3 heteroatoms. The third-order valence-electron chi connectivity index (χ3n) is 5.27. The van der Waals surface area contributed by atoms with Crippen LogP contribution < -0.4 is 9.47 Å². The summed E-state index contributed by atoms with van der Waals surface area (Å²) in [5.41, 5.74) is 3.08. The number of hydrogen-bond donors (Lipinski definition) is 0. The number of benzene rings is 1. The Bertz CT molecular complexity index is 690. The summed E-state index contributed by atoms with van der Waals surface area (Å²) in [5.74, 6) is 1.97. The Morgan fingerprint density at radius 2 is 1.53 bits per heavy atom. The highest BCUT2D eigenvalue weighted by atomic mass is 16.5. The van der Waals surface area contributed by atoms with Crippen LogP contribution in [0.1, 0.15) is 106 Å². The van der Waals surface area contributed by atoms with E-state index in [-0.39, 0.29) is 16.8 Å². The summed E-state index contributed by atoms with van der Waals surface area (Å²) in [7, 11) is 0. The molecule has 0 N–H and O–H groups in total. The van der Waals surface area contributed by atoms with E-state index in [2.05, 4.69) is 80.5 Å². The Morgan fingerprint density at radius 3 is 1.97 bits per heavy atom. The largest absolute Gasteiger partial charge is 0.494 e. The predicted octanol–water partition coefficient (Wildman–Crippen LogP) is 7.75. The molecule has 0 spiro atoms. The first-order valence-corrected chi connectivity index (χ1v) is 11.4.